The molecule has 0 bridgehead atoms. The van der Waals surface area contributed by atoms with E-state index >= 15 is 0 Å². The van der Waals surface area contributed by atoms with E-state index in [1.54, 1.807) is 12.2 Å². The SMILES string of the molecule is C#C[C@@H](/C=C/CCCCCCCCC/C=C\CCCCCCCCCCC/C=C/[C@H](C#C)OC(=O)[C@](OC)(c1ccccc1)C(F)(F)F)OC(=O)[C@](OC)(c1ccccc1)C(F)(F)F. The molecule has 0 unspecified atom stereocenters. The molecule has 0 fully saturated rings. The largest absolute Gasteiger partial charge is 0.442 e. The average Bonchev–Trinajstić information content (AvgIpc) is 3.27. The van der Waals surface area contributed by atoms with E-state index < -0.39 is 47.7 Å². The number of esters is 2. The number of alkyl halides is 6. The van der Waals surface area contributed by atoms with Crippen LogP contribution in [0.3, 0.4) is 0 Å². The Labute approximate surface area is 377 Å². The number of terminal acetylenes is 2. The molecule has 6 nitrogen and oxygen atoms in total. The van der Waals surface area contributed by atoms with Crippen molar-refractivity contribution in [2.75, 3.05) is 14.2 Å². The van der Waals surface area contributed by atoms with Gasteiger partial charge in [-0.05, 0) is 63.5 Å². The summed E-state index contributed by atoms with van der Waals surface area (Å²) in [7, 11) is 1.63. The summed E-state index contributed by atoms with van der Waals surface area (Å²) in [5.74, 6) is 1.22. The van der Waals surface area contributed by atoms with Crippen LogP contribution in [0.4, 0.5) is 26.3 Å². The Morgan fingerprint density at radius 1 is 0.484 bits per heavy atom. The first-order chi connectivity index (χ1) is 30.7. The maximum absolute atomic E-state index is 14.1. The lowest BCUT2D eigenvalue weighted by molar-refractivity contribution is -0.277. The highest BCUT2D eigenvalue weighted by Crippen LogP contribution is 2.44. The van der Waals surface area contributed by atoms with Gasteiger partial charge in [0.05, 0.1) is 0 Å². The van der Waals surface area contributed by atoms with Crippen LogP contribution in [0.5, 0.6) is 0 Å². The summed E-state index contributed by atoms with van der Waals surface area (Å²) in [5, 5.41) is 0. The van der Waals surface area contributed by atoms with Crippen molar-refractivity contribution in [2.24, 2.45) is 0 Å². The number of rotatable bonds is 32. The average molecular weight is 901 g/mol. The van der Waals surface area contributed by atoms with Crippen molar-refractivity contribution in [3.05, 3.63) is 108 Å². The van der Waals surface area contributed by atoms with Gasteiger partial charge < -0.3 is 18.9 Å². The highest BCUT2D eigenvalue weighted by molar-refractivity contribution is 5.84. The van der Waals surface area contributed by atoms with Crippen molar-refractivity contribution in [1.29, 1.82) is 0 Å². The number of ether oxygens (including phenoxy) is 4. The smallest absolute Gasteiger partial charge is 0.432 e. The Morgan fingerprint density at radius 2 is 0.750 bits per heavy atom. The minimum atomic E-state index is -5.07. The summed E-state index contributed by atoms with van der Waals surface area (Å²) < 4.78 is 104. The summed E-state index contributed by atoms with van der Waals surface area (Å²) in [6.07, 6.45) is 30.6. The van der Waals surface area contributed by atoms with Crippen LogP contribution in [0.1, 0.15) is 140 Å². The van der Waals surface area contributed by atoms with Crippen molar-refractivity contribution >= 4 is 11.9 Å². The number of hydrogen-bond acceptors (Lipinski definition) is 6. The van der Waals surface area contributed by atoms with E-state index in [-0.39, 0.29) is 11.1 Å². The van der Waals surface area contributed by atoms with E-state index in [2.05, 4.69) is 24.0 Å². The molecular weight excluding hydrogens is 835 g/mol. The van der Waals surface area contributed by atoms with Gasteiger partial charge in [-0.1, -0.05) is 174 Å². The van der Waals surface area contributed by atoms with Gasteiger partial charge in [-0.15, -0.1) is 12.8 Å². The number of hydrogen-bond donors (Lipinski definition) is 0. The van der Waals surface area contributed by atoms with Crippen molar-refractivity contribution in [1.82, 2.24) is 0 Å². The molecule has 0 heterocycles. The Kier molecular flexibility index (Phi) is 26.3. The van der Waals surface area contributed by atoms with Crippen LogP contribution in [0, 0.1) is 24.7 Å². The lowest BCUT2D eigenvalue weighted by Gasteiger charge is -2.32. The molecule has 12 heteroatoms. The third-order valence-corrected chi connectivity index (χ3v) is 10.9. The van der Waals surface area contributed by atoms with E-state index in [0.717, 1.165) is 103 Å². The molecule has 0 aromatic heterocycles. The molecule has 0 amide bonds. The Hall–Kier alpha value is -4.78. The van der Waals surface area contributed by atoms with Crippen LogP contribution >= 0.6 is 0 Å². The van der Waals surface area contributed by atoms with E-state index in [1.165, 1.54) is 99.9 Å². The maximum Gasteiger partial charge on any atom is 0.432 e. The fourth-order valence-corrected chi connectivity index (χ4v) is 7.27. The highest BCUT2D eigenvalue weighted by atomic mass is 19.4. The quantitative estimate of drug-likeness (QED) is 0.0239. The van der Waals surface area contributed by atoms with Gasteiger partial charge in [0, 0.05) is 25.3 Å². The van der Waals surface area contributed by atoms with E-state index in [1.807, 2.05) is 0 Å². The van der Waals surface area contributed by atoms with Crippen LogP contribution in [0.25, 0.3) is 0 Å². The summed E-state index contributed by atoms with van der Waals surface area (Å²) in [6.45, 7) is 0. The lowest BCUT2D eigenvalue weighted by atomic mass is 9.92. The summed E-state index contributed by atoms with van der Waals surface area (Å²) in [4.78, 5) is 25.6. The number of methoxy groups -OCH3 is 2. The van der Waals surface area contributed by atoms with E-state index in [4.69, 9.17) is 31.8 Å². The second-order valence-electron chi connectivity index (χ2n) is 15.6. The number of unbranched alkanes of at least 4 members (excludes halogenated alkanes) is 18. The summed E-state index contributed by atoms with van der Waals surface area (Å²) in [6, 6.07) is 13.2. The molecule has 2 aromatic carbocycles. The molecule has 352 valence electrons. The fraction of sp³-hybridized carbons (Fsp3) is 0.538. The molecule has 0 aliphatic heterocycles. The monoisotopic (exact) mass is 900 g/mol. The normalized spacial score (nSPS) is 15.0. The zero-order valence-corrected chi connectivity index (χ0v) is 37.4. The fourth-order valence-electron chi connectivity index (χ4n) is 7.27. The standard InChI is InChI=1S/C52H66F6O6/c1-5-45(63-47(59)49(61-3,51(53,54)55)43-37-31-29-32-38-43)41-35-27-25-23-21-19-17-15-13-11-9-7-8-10-12-14-16-18-20-22-24-26-28-36-42-46(6-2)64-48(60)50(62-4,52(56,57)58)44-39-33-30-34-40-44/h1-2,7,9,29-42,45-46H,8,10-28H2,3-4H3/b9-7-,41-35+,42-36+/t45-,46-,49+,50+/m0/s1. The van der Waals surface area contributed by atoms with Gasteiger partial charge >= 0.3 is 24.3 Å². The van der Waals surface area contributed by atoms with Crippen LogP contribution < -0.4 is 0 Å². The molecule has 2 rings (SSSR count). The first-order valence-corrected chi connectivity index (χ1v) is 22.4. The molecular formula is C52H66F6O6. The van der Waals surface area contributed by atoms with Gasteiger partial charge in [0.2, 0.25) is 0 Å². The third-order valence-electron chi connectivity index (χ3n) is 10.9. The van der Waals surface area contributed by atoms with Crippen LogP contribution in [0.2, 0.25) is 0 Å². The van der Waals surface area contributed by atoms with Gasteiger partial charge in [-0.25, -0.2) is 9.59 Å². The Balaban J connectivity index is 1.45. The van der Waals surface area contributed by atoms with Gasteiger partial charge in [0.1, 0.15) is 0 Å². The molecule has 0 radical (unpaired) electrons. The molecule has 2 aromatic rings. The number of carbonyl (C=O) groups excluding carboxylic acids is 2. The van der Waals surface area contributed by atoms with Gasteiger partial charge in [-0.3, -0.25) is 0 Å². The van der Waals surface area contributed by atoms with Crippen LogP contribution in [-0.2, 0) is 39.7 Å². The highest BCUT2D eigenvalue weighted by Gasteiger charge is 2.65. The lowest BCUT2D eigenvalue weighted by Crippen LogP contribution is -2.52. The third kappa shape index (κ3) is 18.0. The van der Waals surface area contributed by atoms with Crippen molar-refractivity contribution < 1.29 is 54.9 Å². The molecule has 0 saturated carbocycles. The summed E-state index contributed by atoms with van der Waals surface area (Å²) >= 11 is 0. The van der Waals surface area contributed by atoms with Crippen LogP contribution in [0.15, 0.2) is 97.1 Å². The first-order valence-electron chi connectivity index (χ1n) is 22.4. The topological polar surface area (TPSA) is 71.1 Å². The molecule has 0 aliphatic rings. The van der Waals surface area contributed by atoms with Gasteiger partial charge in [0.25, 0.3) is 11.2 Å². The maximum atomic E-state index is 14.1. The Morgan fingerprint density at radius 3 is 1.00 bits per heavy atom. The molecule has 64 heavy (non-hydrogen) atoms. The van der Waals surface area contributed by atoms with Crippen molar-refractivity contribution in [2.45, 2.75) is 164 Å². The number of benzene rings is 2. The second kappa shape index (κ2) is 30.4. The molecule has 0 spiro atoms. The number of halogens is 6. The van der Waals surface area contributed by atoms with Crippen molar-refractivity contribution in [3.63, 3.8) is 0 Å². The number of allylic oxidation sites excluding steroid dienone is 4. The summed E-state index contributed by atoms with van der Waals surface area (Å²) in [5.41, 5.74) is -7.35. The second-order valence-corrected chi connectivity index (χ2v) is 15.6. The molecule has 0 N–H and O–H groups in total. The Bertz CT molecular complexity index is 1780. The zero-order chi connectivity index (χ0) is 47.2. The zero-order valence-electron chi connectivity index (χ0n) is 37.4. The van der Waals surface area contributed by atoms with Crippen LogP contribution in [-0.4, -0.2) is 50.7 Å². The molecule has 0 saturated heterocycles. The minimum Gasteiger partial charge on any atom is -0.442 e. The van der Waals surface area contributed by atoms with Gasteiger partial charge in [0.15, 0.2) is 12.2 Å². The predicted molar refractivity (Wildman–Crippen MR) is 240 cm³/mol. The van der Waals surface area contributed by atoms with Gasteiger partial charge in [-0.2, -0.15) is 26.3 Å². The minimum absolute atomic E-state index is 0.389. The van der Waals surface area contributed by atoms with E-state index in [0.29, 0.717) is 12.8 Å². The molecule has 0 aliphatic carbocycles. The first kappa shape index (κ1) is 55.4. The number of carbonyl (C=O) groups is 2. The molecule has 4 atom stereocenters. The van der Waals surface area contributed by atoms with E-state index in [9.17, 15) is 35.9 Å². The predicted octanol–water partition coefficient (Wildman–Crippen LogP) is 13.8. The van der Waals surface area contributed by atoms with Crippen molar-refractivity contribution in [3.8, 4) is 24.7 Å².